The van der Waals surface area contributed by atoms with Gasteiger partial charge in [0.15, 0.2) is 0 Å². The van der Waals surface area contributed by atoms with Crippen LogP contribution in [-0.4, -0.2) is 34.5 Å². The monoisotopic (exact) mass is 227 g/mol. The predicted octanol–water partition coefficient (Wildman–Crippen LogP) is 1.89. The van der Waals surface area contributed by atoms with E-state index in [9.17, 15) is 9.59 Å². The van der Waals surface area contributed by atoms with Gasteiger partial charge in [-0.1, -0.05) is 20.8 Å². The smallest absolute Gasteiger partial charge is 0.326 e. The molecule has 4 heteroatoms. The topological polar surface area (TPSA) is 57.6 Å². The minimum absolute atomic E-state index is 0.0281. The molecule has 0 saturated carbocycles. The lowest BCUT2D eigenvalue weighted by atomic mass is 9.90. The summed E-state index contributed by atoms with van der Waals surface area (Å²) in [6.45, 7) is 6.56. The van der Waals surface area contributed by atoms with Crippen molar-refractivity contribution in [3.05, 3.63) is 0 Å². The first-order valence-corrected chi connectivity index (χ1v) is 5.83. The van der Waals surface area contributed by atoms with E-state index >= 15 is 0 Å². The van der Waals surface area contributed by atoms with Gasteiger partial charge in [-0.25, -0.2) is 4.79 Å². The maximum atomic E-state index is 12.0. The molecule has 1 unspecified atom stereocenters. The van der Waals surface area contributed by atoms with Crippen LogP contribution in [0, 0.1) is 5.41 Å². The lowest BCUT2D eigenvalue weighted by Gasteiger charge is -2.34. The van der Waals surface area contributed by atoms with Crippen molar-refractivity contribution in [1.82, 2.24) is 4.90 Å². The lowest BCUT2D eigenvalue weighted by Crippen LogP contribution is -2.48. The van der Waals surface area contributed by atoms with Gasteiger partial charge in [-0.15, -0.1) is 0 Å². The van der Waals surface area contributed by atoms with Crippen LogP contribution in [-0.2, 0) is 9.59 Å². The van der Waals surface area contributed by atoms with E-state index in [-0.39, 0.29) is 11.3 Å². The molecule has 16 heavy (non-hydrogen) atoms. The van der Waals surface area contributed by atoms with Crippen molar-refractivity contribution in [3.8, 4) is 0 Å². The molecule has 4 nitrogen and oxygen atoms in total. The van der Waals surface area contributed by atoms with E-state index in [1.54, 1.807) is 0 Å². The molecule has 1 heterocycles. The highest BCUT2D eigenvalue weighted by atomic mass is 16.4. The average molecular weight is 227 g/mol. The van der Waals surface area contributed by atoms with Crippen molar-refractivity contribution in [1.29, 1.82) is 0 Å². The fourth-order valence-electron chi connectivity index (χ4n) is 2.04. The van der Waals surface area contributed by atoms with Crippen LogP contribution < -0.4 is 0 Å². The Kier molecular flexibility index (Phi) is 3.94. The molecule has 1 atom stereocenters. The third-order valence-corrected chi connectivity index (χ3v) is 2.79. The second-order valence-corrected chi connectivity index (χ2v) is 5.67. The first kappa shape index (κ1) is 13.0. The molecule has 1 aliphatic rings. The summed E-state index contributed by atoms with van der Waals surface area (Å²) in [5, 5.41) is 9.06. The number of hydrogen-bond acceptors (Lipinski definition) is 2. The molecule has 0 aromatic rings. The highest BCUT2D eigenvalue weighted by molar-refractivity contribution is 5.84. The summed E-state index contributed by atoms with van der Waals surface area (Å²) >= 11 is 0. The van der Waals surface area contributed by atoms with E-state index in [1.165, 1.54) is 4.90 Å². The summed E-state index contributed by atoms with van der Waals surface area (Å²) in [4.78, 5) is 24.6. The average Bonchev–Trinajstić information content (AvgIpc) is 2.15. The number of rotatable bonds is 2. The van der Waals surface area contributed by atoms with Gasteiger partial charge in [0.25, 0.3) is 0 Å². The molecule has 92 valence electrons. The maximum Gasteiger partial charge on any atom is 0.326 e. The second kappa shape index (κ2) is 4.85. The molecule has 0 radical (unpaired) electrons. The van der Waals surface area contributed by atoms with Crippen molar-refractivity contribution in [2.24, 2.45) is 5.41 Å². The Morgan fingerprint density at radius 1 is 1.31 bits per heavy atom. The summed E-state index contributed by atoms with van der Waals surface area (Å²) in [6, 6.07) is -0.608. The van der Waals surface area contributed by atoms with E-state index in [2.05, 4.69) is 0 Å². The normalized spacial score (nSPS) is 21.9. The van der Waals surface area contributed by atoms with Crippen molar-refractivity contribution in [2.75, 3.05) is 6.54 Å². The predicted molar refractivity (Wildman–Crippen MR) is 61.1 cm³/mol. The Hall–Kier alpha value is -1.06. The van der Waals surface area contributed by atoms with Crippen LogP contribution in [0.1, 0.15) is 46.5 Å². The minimum Gasteiger partial charge on any atom is -0.480 e. The van der Waals surface area contributed by atoms with Gasteiger partial charge >= 0.3 is 5.97 Å². The zero-order chi connectivity index (χ0) is 12.3. The minimum atomic E-state index is -0.873. The van der Waals surface area contributed by atoms with Crippen LogP contribution >= 0.6 is 0 Å². The van der Waals surface area contributed by atoms with Gasteiger partial charge in [-0.3, -0.25) is 4.79 Å². The molecule has 1 fully saturated rings. The number of likely N-dealkylation sites (tertiary alicyclic amines) is 1. The SMILES string of the molecule is CC(C)(C)CC(=O)N1CCCCC1C(=O)O. The van der Waals surface area contributed by atoms with E-state index < -0.39 is 12.0 Å². The maximum absolute atomic E-state index is 12.0. The Morgan fingerprint density at radius 3 is 2.44 bits per heavy atom. The summed E-state index contributed by atoms with van der Waals surface area (Å²) in [6.07, 6.45) is 2.82. The van der Waals surface area contributed by atoms with Crippen molar-refractivity contribution < 1.29 is 14.7 Å². The number of nitrogens with zero attached hydrogens (tertiary/aromatic N) is 1. The van der Waals surface area contributed by atoms with Gasteiger partial charge in [0, 0.05) is 13.0 Å². The zero-order valence-corrected chi connectivity index (χ0v) is 10.3. The third-order valence-electron chi connectivity index (χ3n) is 2.79. The van der Waals surface area contributed by atoms with Crippen molar-refractivity contribution >= 4 is 11.9 Å². The lowest BCUT2D eigenvalue weighted by molar-refractivity contribution is -0.152. The summed E-state index contributed by atoms with van der Waals surface area (Å²) in [5.74, 6) is -0.901. The van der Waals surface area contributed by atoms with Crippen molar-refractivity contribution in [2.45, 2.75) is 52.5 Å². The number of carboxylic acids is 1. The van der Waals surface area contributed by atoms with Crippen LogP contribution in [0.3, 0.4) is 0 Å². The number of hydrogen-bond donors (Lipinski definition) is 1. The molecule has 1 rings (SSSR count). The number of aliphatic carboxylic acids is 1. The highest BCUT2D eigenvalue weighted by Gasteiger charge is 2.33. The molecule has 1 amide bonds. The molecule has 1 saturated heterocycles. The first-order valence-electron chi connectivity index (χ1n) is 5.83. The van der Waals surface area contributed by atoms with Crippen LogP contribution in [0.25, 0.3) is 0 Å². The summed E-state index contributed by atoms with van der Waals surface area (Å²) < 4.78 is 0. The molecular weight excluding hydrogens is 206 g/mol. The Bertz CT molecular complexity index is 280. The molecule has 1 N–H and O–H groups in total. The first-order chi connectivity index (χ1) is 7.31. The van der Waals surface area contributed by atoms with Crippen LogP contribution in [0.4, 0.5) is 0 Å². The quantitative estimate of drug-likeness (QED) is 0.783. The van der Waals surface area contributed by atoms with Gasteiger partial charge in [0.1, 0.15) is 6.04 Å². The number of carbonyl (C=O) groups excluding carboxylic acids is 1. The molecule has 0 bridgehead atoms. The molecule has 0 aliphatic carbocycles. The second-order valence-electron chi connectivity index (χ2n) is 5.67. The van der Waals surface area contributed by atoms with Gasteiger partial charge in [0.05, 0.1) is 0 Å². The third kappa shape index (κ3) is 3.51. The van der Waals surface area contributed by atoms with Crippen LogP contribution in [0.2, 0.25) is 0 Å². The number of piperidine rings is 1. The molecule has 0 aromatic carbocycles. The standard InChI is InChI=1S/C12H21NO3/c1-12(2,3)8-10(14)13-7-5-4-6-9(13)11(15)16/h9H,4-8H2,1-3H3,(H,15,16). The Morgan fingerprint density at radius 2 is 1.94 bits per heavy atom. The number of carbonyl (C=O) groups is 2. The van der Waals surface area contributed by atoms with Crippen molar-refractivity contribution in [3.63, 3.8) is 0 Å². The van der Waals surface area contributed by atoms with Gasteiger partial charge in [0.2, 0.25) is 5.91 Å². The Labute approximate surface area is 96.6 Å². The van der Waals surface area contributed by atoms with E-state index in [0.29, 0.717) is 19.4 Å². The van der Waals surface area contributed by atoms with Gasteiger partial charge < -0.3 is 10.0 Å². The summed E-state index contributed by atoms with van der Waals surface area (Å²) in [5.41, 5.74) is -0.0857. The number of amides is 1. The largest absolute Gasteiger partial charge is 0.480 e. The van der Waals surface area contributed by atoms with E-state index in [1.807, 2.05) is 20.8 Å². The highest BCUT2D eigenvalue weighted by Crippen LogP contribution is 2.24. The zero-order valence-electron chi connectivity index (χ0n) is 10.3. The number of carboxylic acid groups (broad SMARTS) is 1. The fraction of sp³-hybridized carbons (Fsp3) is 0.833. The summed E-state index contributed by atoms with van der Waals surface area (Å²) in [7, 11) is 0. The molecule has 0 spiro atoms. The molecular formula is C12H21NO3. The van der Waals surface area contributed by atoms with Gasteiger partial charge in [-0.2, -0.15) is 0 Å². The van der Waals surface area contributed by atoms with E-state index in [4.69, 9.17) is 5.11 Å². The molecule has 1 aliphatic heterocycles. The Balaban J connectivity index is 2.68. The van der Waals surface area contributed by atoms with Gasteiger partial charge in [-0.05, 0) is 24.7 Å². The van der Waals surface area contributed by atoms with Crippen LogP contribution in [0.5, 0.6) is 0 Å². The fourth-order valence-corrected chi connectivity index (χ4v) is 2.04. The molecule has 0 aromatic heterocycles. The van der Waals surface area contributed by atoms with E-state index in [0.717, 1.165) is 12.8 Å². The van der Waals surface area contributed by atoms with Crippen LogP contribution in [0.15, 0.2) is 0 Å².